The van der Waals surface area contributed by atoms with Gasteiger partial charge in [0.25, 0.3) is 5.91 Å². The molecule has 0 saturated carbocycles. The van der Waals surface area contributed by atoms with Crippen LogP contribution >= 0.6 is 11.6 Å². The highest BCUT2D eigenvalue weighted by atomic mass is 35.5. The molecule has 0 spiro atoms. The predicted molar refractivity (Wildman–Crippen MR) is 102 cm³/mol. The predicted octanol–water partition coefficient (Wildman–Crippen LogP) is 3.75. The highest BCUT2D eigenvalue weighted by Crippen LogP contribution is 2.32. The topological polar surface area (TPSA) is 58.1 Å². The number of carbonyl (C=O) groups excluding carboxylic acids is 1. The number of fused-ring (bicyclic) bond motifs is 1. The molecule has 130 valence electrons. The van der Waals surface area contributed by atoms with Crippen LogP contribution in [0.1, 0.15) is 21.6 Å². The normalized spacial score (nSPS) is 12.7. The van der Waals surface area contributed by atoms with E-state index in [4.69, 9.17) is 11.6 Å². The Hall–Kier alpha value is -2.92. The summed E-state index contributed by atoms with van der Waals surface area (Å²) in [5.74, 6) is 0.293. The first kappa shape index (κ1) is 16.5. The van der Waals surface area contributed by atoms with Crippen molar-refractivity contribution in [3.05, 3.63) is 82.6 Å². The lowest BCUT2D eigenvalue weighted by Gasteiger charge is -2.17. The first-order chi connectivity index (χ1) is 12.7. The number of hydrogen-bond acceptors (Lipinski definition) is 4. The molecule has 1 aromatic heterocycles. The Morgan fingerprint density at radius 3 is 2.81 bits per heavy atom. The summed E-state index contributed by atoms with van der Waals surface area (Å²) >= 11 is 6.13. The maximum Gasteiger partial charge on any atom is 0.270 e. The van der Waals surface area contributed by atoms with Crippen molar-refractivity contribution in [3.63, 3.8) is 0 Å². The van der Waals surface area contributed by atoms with E-state index < -0.39 is 0 Å². The van der Waals surface area contributed by atoms with E-state index in [2.05, 4.69) is 27.4 Å². The lowest BCUT2D eigenvalue weighted by Crippen LogP contribution is -2.25. The number of benzene rings is 2. The minimum Gasteiger partial charge on any atom is -0.347 e. The average molecular weight is 365 g/mol. The average Bonchev–Trinajstić information content (AvgIpc) is 3.11. The third-order valence-corrected chi connectivity index (χ3v) is 4.77. The van der Waals surface area contributed by atoms with Crippen molar-refractivity contribution in [1.82, 2.24) is 15.3 Å². The van der Waals surface area contributed by atoms with Gasteiger partial charge in [-0.1, -0.05) is 48.0 Å². The van der Waals surface area contributed by atoms with E-state index in [0.29, 0.717) is 23.2 Å². The minimum atomic E-state index is -0.249. The van der Waals surface area contributed by atoms with Crippen LogP contribution in [0.4, 0.5) is 11.6 Å². The molecular weight excluding hydrogens is 348 g/mol. The first-order valence-corrected chi connectivity index (χ1v) is 8.80. The summed E-state index contributed by atoms with van der Waals surface area (Å²) in [5, 5.41) is 3.49. The van der Waals surface area contributed by atoms with Gasteiger partial charge in [-0.15, -0.1) is 0 Å². The Kier molecular flexibility index (Phi) is 4.54. The second kappa shape index (κ2) is 7.14. The van der Waals surface area contributed by atoms with E-state index in [0.717, 1.165) is 24.2 Å². The number of nitrogens with one attached hydrogen (secondary N) is 1. The van der Waals surface area contributed by atoms with Crippen molar-refractivity contribution in [2.45, 2.75) is 13.0 Å². The smallest absolute Gasteiger partial charge is 0.270 e. The second-order valence-electron chi connectivity index (χ2n) is 6.05. The molecule has 1 aliphatic rings. The molecule has 3 aromatic rings. The first-order valence-electron chi connectivity index (χ1n) is 8.42. The molecule has 1 N–H and O–H groups in total. The van der Waals surface area contributed by atoms with Gasteiger partial charge in [0.05, 0.1) is 0 Å². The van der Waals surface area contributed by atoms with Gasteiger partial charge in [0.15, 0.2) is 0 Å². The fraction of sp³-hybridized carbons (Fsp3) is 0.150. The van der Waals surface area contributed by atoms with Crippen molar-refractivity contribution >= 4 is 29.1 Å². The molecule has 0 radical (unpaired) electrons. The van der Waals surface area contributed by atoms with Crippen molar-refractivity contribution in [3.8, 4) is 0 Å². The van der Waals surface area contributed by atoms with Crippen LogP contribution in [0.2, 0.25) is 5.02 Å². The molecule has 0 fully saturated rings. The van der Waals surface area contributed by atoms with Gasteiger partial charge in [-0.25, -0.2) is 9.97 Å². The zero-order valence-electron chi connectivity index (χ0n) is 14.0. The number of carbonyl (C=O) groups is 1. The van der Waals surface area contributed by atoms with Crippen LogP contribution in [-0.2, 0) is 13.0 Å². The zero-order valence-corrected chi connectivity index (χ0v) is 14.8. The summed E-state index contributed by atoms with van der Waals surface area (Å²) in [6, 6.07) is 17.2. The van der Waals surface area contributed by atoms with Gasteiger partial charge in [0.2, 0.25) is 5.95 Å². The molecule has 6 heteroatoms. The van der Waals surface area contributed by atoms with Crippen molar-refractivity contribution in [2.75, 3.05) is 11.4 Å². The standard InChI is InChI=1S/C20H17ClN4O/c21-16-7-3-1-6-15(16)13-23-19(26)17-9-11-22-20(24-17)25-12-10-14-5-2-4-8-18(14)25/h1-9,11H,10,12-13H2,(H,23,26). The van der Waals surface area contributed by atoms with Gasteiger partial charge in [0, 0.05) is 30.0 Å². The highest BCUT2D eigenvalue weighted by molar-refractivity contribution is 6.31. The van der Waals surface area contributed by atoms with Gasteiger partial charge in [0.1, 0.15) is 5.69 Å². The van der Waals surface area contributed by atoms with Crippen LogP contribution in [0.15, 0.2) is 60.8 Å². The number of rotatable bonds is 4. The molecule has 0 saturated heterocycles. The van der Waals surface area contributed by atoms with Crippen molar-refractivity contribution < 1.29 is 4.79 Å². The van der Waals surface area contributed by atoms with E-state index in [1.165, 1.54) is 5.56 Å². The summed E-state index contributed by atoms with van der Waals surface area (Å²) in [6.07, 6.45) is 2.57. The molecule has 0 unspecified atom stereocenters. The third-order valence-electron chi connectivity index (χ3n) is 4.40. The third kappa shape index (κ3) is 3.26. The van der Waals surface area contributed by atoms with Crippen LogP contribution in [-0.4, -0.2) is 22.4 Å². The Morgan fingerprint density at radius 1 is 1.12 bits per heavy atom. The van der Waals surface area contributed by atoms with Crippen LogP contribution in [0, 0.1) is 0 Å². The highest BCUT2D eigenvalue weighted by Gasteiger charge is 2.22. The number of amides is 1. The van der Waals surface area contributed by atoms with E-state index >= 15 is 0 Å². The van der Waals surface area contributed by atoms with Crippen LogP contribution in [0.5, 0.6) is 0 Å². The van der Waals surface area contributed by atoms with Crippen molar-refractivity contribution in [1.29, 1.82) is 0 Å². The summed E-state index contributed by atoms with van der Waals surface area (Å²) in [4.78, 5) is 23.3. The Labute approximate surface area is 156 Å². The molecular formula is C20H17ClN4O. The van der Waals surface area contributed by atoms with Crippen LogP contribution in [0.3, 0.4) is 0 Å². The second-order valence-corrected chi connectivity index (χ2v) is 6.45. The molecule has 5 nitrogen and oxygen atoms in total. The van der Waals surface area contributed by atoms with Crippen LogP contribution in [0.25, 0.3) is 0 Å². The van der Waals surface area contributed by atoms with Gasteiger partial charge in [-0.3, -0.25) is 4.79 Å². The van der Waals surface area contributed by atoms with E-state index in [1.807, 2.05) is 35.2 Å². The number of halogens is 1. The largest absolute Gasteiger partial charge is 0.347 e. The molecule has 0 bridgehead atoms. The van der Waals surface area contributed by atoms with Gasteiger partial charge >= 0.3 is 0 Å². The number of aromatic nitrogens is 2. The summed E-state index contributed by atoms with van der Waals surface area (Å²) in [7, 11) is 0. The van der Waals surface area contributed by atoms with Gasteiger partial charge < -0.3 is 10.2 Å². The fourth-order valence-electron chi connectivity index (χ4n) is 3.06. The number of anilines is 2. The number of para-hydroxylation sites is 1. The van der Waals surface area contributed by atoms with Crippen LogP contribution < -0.4 is 10.2 Å². The van der Waals surface area contributed by atoms with E-state index in [1.54, 1.807) is 18.3 Å². The van der Waals surface area contributed by atoms with E-state index in [-0.39, 0.29) is 5.91 Å². The quantitative estimate of drug-likeness (QED) is 0.766. The minimum absolute atomic E-state index is 0.249. The molecule has 2 aromatic carbocycles. The monoisotopic (exact) mass is 364 g/mol. The van der Waals surface area contributed by atoms with Gasteiger partial charge in [-0.2, -0.15) is 0 Å². The Balaban J connectivity index is 1.51. The van der Waals surface area contributed by atoms with E-state index in [9.17, 15) is 4.79 Å². The summed E-state index contributed by atoms with van der Waals surface area (Å²) in [6.45, 7) is 1.16. The summed E-state index contributed by atoms with van der Waals surface area (Å²) in [5.41, 5.74) is 3.57. The molecule has 1 amide bonds. The lowest BCUT2D eigenvalue weighted by atomic mass is 10.2. The Bertz CT molecular complexity index is 960. The molecule has 0 atom stereocenters. The zero-order chi connectivity index (χ0) is 17.9. The number of nitrogens with zero attached hydrogens (tertiary/aromatic N) is 3. The van der Waals surface area contributed by atoms with Gasteiger partial charge in [-0.05, 0) is 35.7 Å². The number of hydrogen-bond donors (Lipinski definition) is 1. The Morgan fingerprint density at radius 2 is 1.92 bits per heavy atom. The molecule has 1 aliphatic heterocycles. The lowest BCUT2D eigenvalue weighted by molar-refractivity contribution is 0.0946. The maximum atomic E-state index is 12.5. The molecule has 0 aliphatic carbocycles. The molecule has 2 heterocycles. The molecule has 4 rings (SSSR count). The SMILES string of the molecule is O=C(NCc1ccccc1Cl)c1ccnc(N2CCc3ccccc32)n1. The van der Waals surface area contributed by atoms with Crippen molar-refractivity contribution in [2.24, 2.45) is 0 Å². The fourth-order valence-corrected chi connectivity index (χ4v) is 3.26. The molecule has 26 heavy (non-hydrogen) atoms. The summed E-state index contributed by atoms with van der Waals surface area (Å²) < 4.78 is 0. The maximum absolute atomic E-state index is 12.5.